The van der Waals surface area contributed by atoms with Gasteiger partial charge in [0.1, 0.15) is 11.9 Å². The number of aliphatic hydroxyl groups is 1. The summed E-state index contributed by atoms with van der Waals surface area (Å²) in [5.41, 5.74) is 5.21. The van der Waals surface area contributed by atoms with Gasteiger partial charge in [0, 0.05) is 11.1 Å². The molecule has 4 nitrogen and oxygen atoms in total. The first-order valence-electron chi connectivity index (χ1n) is 6.58. The van der Waals surface area contributed by atoms with Crippen LogP contribution in [0.4, 0.5) is 0 Å². The topological polar surface area (TPSA) is 55.2 Å². The van der Waals surface area contributed by atoms with E-state index >= 15 is 0 Å². The van der Waals surface area contributed by atoms with E-state index in [1.807, 2.05) is 45.9 Å². The molecule has 0 radical (unpaired) electrons. The van der Waals surface area contributed by atoms with Crippen LogP contribution in [0.1, 0.15) is 39.7 Å². The molecule has 0 bridgehead atoms. The summed E-state index contributed by atoms with van der Waals surface area (Å²) in [7, 11) is 1.63. The second-order valence-electron chi connectivity index (χ2n) is 5.06. The Morgan fingerprint density at radius 2 is 1.75 bits per heavy atom. The number of methoxy groups -OCH3 is 1. The number of hydrogen-bond acceptors (Lipinski definition) is 4. The molecule has 20 heavy (non-hydrogen) atoms. The van der Waals surface area contributed by atoms with Crippen LogP contribution in [-0.4, -0.2) is 22.4 Å². The van der Waals surface area contributed by atoms with E-state index in [-0.39, 0.29) is 0 Å². The van der Waals surface area contributed by atoms with Crippen LogP contribution >= 0.6 is 0 Å². The predicted molar refractivity (Wildman–Crippen MR) is 78.0 cm³/mol. The number of benzene rings is 1. The second-order valence-corrected chi connectivity index (χ2v) is 5.06. The lowest BCUT2D eigenvalue weighted by molar-refractivity contribution is 0.213. The van der Waals surface area contributed by atoms with E-state index < -0.39 is 6.10 Å². The summed E-state index contributed by atoms with van der Waals surface area (Å²) in [6.45, 7) is 7.73. The van der Waals surface area contributed by atoms with Crippen LogP contribution in [0.25, 0.3) is 0 Å². The van der Waals surface area contributed by atoms with Crippen molar-refractivity contribution in [1.29, 1.82) is 0 Å². The molecule has 0 amide bonds. The van der Waals surface area contributed by atoms with Gasteiger partial charge >= 0.3 is 0 Å². The summed E-state index contributed by atoms with van der Waals surface area (Å²) in [6, 6.07) is 5.76. The fourth-order valence-corrected chi connectivity index (χ4v) is 2.31. The molecule has 1 heterocycles. The number of aryl methyl sites for hydroxylation is 3. The lowest BCUT2D eigenvalue weighted by Gasteiger charge is -2.19. The SMILES string of the molecule is COc1c(C(O)c2cc(C)nnc2C)ccc(C)c1C. The van der Waals surface area contributed by atoms with E-state index in [0.29, 0.717) is 0 Å². The number of ether oxygens (including phenoxy) is 1. The summed E-state index contributed by atoms with van der Waals surface area (Å²) in [5, 5.41) is 18.7. The van der Waals surface area contributed by atoms with Gasteiger partial charge in [0.15, 0.2) is 0 Å². The number of aromatic nitrogens is 2. The van der Waals surface area contributed by atoms with Gasteiger partial charge in [0.25, 0.3) is 0 Å². The van der Waals surface area contributed by atoms with Gasteiger partial charge < -0.3 is 9.84 Å². The van der Waals surface area contributed by atoms with Crippen molar-refractivity contribution < 1.29 is 9.84 Å². The molecule has 1 aromatic heterocycles. The summed E-state index contributed by atoms with van der Waals surface area (Å²) >= 11 is 0. The number of rotatable bonds is 3. The van der Waals surface area contributed by atoms with Gasteiger partial charge in [0.2, 0.25) is 0 Å². The molecule has 106 valence electrons. The normalized spacial score (nSPS) is 12.3. The maximum absolute atomic E-state index is 10.7. The van der Waals surface area contributed by atoms with Crippen molar-refractivity contribution in [1.82, 2.24) is 10.2 Å². The van der Waals surface area contributed by atoms with Crippen LogP contribution in [-0.2, 0) is 0 Å². The smallest absolute Gasteiger partial charge is 0.128 e. The maximum Gasteiger partial charge on any atom is 0.128 e. The summed E-state index contributed by atoms with van der Waals surface area (Å²) < 4.78 is 5.47. The van der Waals surface area contributed by atoms with Crippen molar-refractivity contribution in [2.24, 2.45) is 0 Å². The van der Waals surface area contributed by atoms with Crippen LogP contribution in [0.3, 0.4) is 0 Å². The molecule has 2 rings (SSSR count). The Hall–Kier alpha value is -1.94. The molecule has 1 unspecified atom stereocenters. The zero-order valence-electron chi connectivity index (χ0n) is 12.6. The van der Waals surface area contributed by atoms with Crippen LogP contribution < -0.4 is 4.74 Å². The highest BCUT2D eigenvalue weighted by molar-refractivity contribution is 5.49. The molecule has 0 saturated heterocycles. The molecule has 0 fully saturated rings. The summed E-state index contributed by atoms with van der Waals surface area (Å²) in [4.78, 5) is 0. The molecule has 0 spiro atoms. The van der Waals surface area contributed by atoms with E-state index in [4.69, 9.17) is 4.74 Å². The van der Waals surface area contributed by atoms with Crippen LogP contribution in [0.2, 0.25) is 0 Å². The van der Waals surface area contributed by atoms with Crippen molar-refractivity contribution in [3.8, 4) is 5.75 Å². The molecular weight excluding hydrogens is 252 g/mol. The van der Waals surface area contributed by atoms with E-state index in [1.54, 1.807) is 7.11 Å². The van der Waals surface area contributed by atoms with E-state index in [2.05, 4.69) is 10.2 Å². The monoisotopic (exact) mass is 272 g/mol. The van der Waals surface area contributed by atoms with Crippen LogP contribution in [0, 0.1) is 27.7 Å². The molecule has 0 aliphatic carbocycles. The van der Waals surface area contributed by atoms with Crippen molar-refractivity contribution >= 4 is 0 Å². The molecule has 0 saturated carbocycles. The lowest BCUT2D eigenvalue weighted by atomic mass is 9.95. The second kappa shape index (κ2) is 5.59. The van der Waals surface area contributed by atoms with Crippen LogP contribution in [0.15, 0.2) is 18.2 Å². The van der Waals surface area contributed by atoms with Crippen molar-refractivity contribution in [3.05, 3.63) is 51.8 Å². The molecule has 0 aliphatic rings. The highest BCUT2D eigenvalue weighted by Gasteiger charge is 2.20. The average Bonchev–Trinajstić information content (AvgIpc) is 2.43. The third-order valence-electron chi connectivity index (χ3n) is 3.64. The Labute approximate surface area is 119 Å². The van der Waals surface area contributed by atoms with Gasteiger partial charge in [-0.2, -0.15) is 10.2 Å². The van der Waals surface area contributed by atoms with Gasteiger partial charge in [-0.25, -0.2) is 0 Å². The van der Waals surface area contributed by atoms with Crippen molar-refractivity contribution in [3.63, 3.8) is 0 Å². The van der Waals surface area contributed by atoms with E-state index in [9.17, 15) is 5.11 Å². The van der Waals surface area contributed by atoms with Gasteiger partial charge in [-0.3, -0.25) is 0 Å². The molecule has 0 aliphatic heterocycles. The minimum Gasteiger partial charge on any atom is -0.496 e. The highest BCUT2D eigenvalue weighted by atomic mass is 16.5. The van der Waals surface area contributed by atoms with Gasteiger partial charge in [0.05, 0.1) is 18.5 Å². The molecular formula is C16H20N2O2. The lowest BCUT2D eigenvalue weighted by Crippen LogP contribution is -2.08. The minimum absolute atomic E-state index is 0.725. The Morgan fingerprint density at radius 3 is 2.40 bits per heavy atom. The third-order valence-corrected chi connectivity index (χ3v) is 3.64. The van der Waals surface area contributed by atoms with Crippen LogP contribution in [0.5, 0.6) is 5.75 Å². The number of nitrogens with zero attached hydrogens (tertiary/aromatic N) is 2. The number of hydrogen-bond donors (Lipinski definition) is 1. The molecule has 1 aromatic carbocycles. The zero-order chi connectivity index (χ0) is 14.9. The predicted octanol–water partition coefficient (Wildman–Crippen LogP) is 2.80. The molecule has 1 atom stereocenters. The maximum atomic E-state index is 10.7. The number of aliphatic hydroxyl groups excluding tert-OH is 1. The zero-order valence-corrected chi connectivity index (χ0v) is 12.6. The Bertz CT molecular complexity index is 639. The van der Waals surface area contributed by atoms with Crippen molar-refractivity contribution in [2.45, 2.75) is 33.8 Å². The first-order chi connectivity index (χ1) is 9.45. The molecule has 2 aromatic rings. The summed E-state index contributed by atoms with van der Waals surface area (Å²) in [5.74, 6) is 0.728. The quantitative estimate of drug-likeness (QED) is 0.933. The fraction of sp³-hybridized carbons (Fsp3) is 0.375. The Morgan fingerprint density at radius 1 is 1.05 bits per heavy atom. The third kappa shape index (κ3) is 2.51. The Kier molecular flexibility index (Phi) is 4.04. The first-order valence-corrected chi connectivity index (χ1v) is 6.58. The van der Waals surface area contributed by atoms with Crippen molar-refractivity contribution in [2.75, 3.05) is 7.11 Å². The highest BCUT2D eigenvalue weighted by Crippen LogP contribution is 2.34. The first kappa shape index (κ1) is 14.5. The molecule has 4 heteroatoms. The standard InChI is InChI=1S/C16H20N2O2/c1-9-6-7-13(16(20-5)11(9)3)15(19)14-8-10(2)17-18-12(14)4/h6-8,15,19H,1-5H3. The van der Waals surface area contributed by atoms with Gasteiger partial charge in [-0.05, 0) is 44.9 Å². The van der Waals surface area contributed by atoms with Gasteiger partial charge in [-0.15, -0.1) is 0 Å². The van der Waals surface area contributed by atoms with Gasteiger partial charge in [-0.1, -0.05) is 12.1 Å². The van der Waals surface area contributed by atoms with E-state index in [1.165, 1.54) is 0 Å². The fourth-order valence-electron chi connectivity index (χ4n) is 2.31. The average molecular weight is 272 g/mol. The summed E-state index contributed by atoms with van der Waals surface area (Å²) in [6.07, 6.45) is -0.765. The largest absolute Gasteiger partial charge is 0.496 e. The molecule has 1 N–H and O–H groups in total. The minimum atomic E-state index is -0.765. The Balaban J connectivity index is 2.56. The van der Waals surface area contributed by atoms with E-state index in [0.717, 1.165) is 39.4 Å².